The molecule has 1 fully saturated rings. The fourth-order valence-electron chi connectivity index (χ4n) is 3.93. The lowest BCUT2D eigenvalue weighted by Crippen LogP contribution is -2.04. The minimum Gasteiger partial charge on any atom is -0.240 e. The molecule has 3 heteroatoms. The lowest BCUT2D eigenvalue weighted by molar-refractivity contribution is 0.443. The van der Waals surface area contributed by atoms with E-state index in [0.29, 0.717) is 12.3 Å². The first kappa shape index (κ1) is 16.6. The molecule has 3 aromatic rings. The van der Waals surface area contributed by atoms with Crippen LogP contribution in [0.5, 0.6) is 0 Å². The van der Waals surface area contributed by atoms with Crippen molar-refractivity contribution in [3.63, 3.8) is 0 Å². The summed E-state index contributed by atoms with van der Waals surface area (Å²) in [4.78, 5) is 0. The van der Waals surface area contributed by atoms with Crippen molar-refractivity contribution in [2.24, 2.45) is 0 Å². The molecule has 0 atom stereocenters. The third-order valence-corrected chi connectivity index (χ3v) is 5.34. The summed E-state index contributed by atoms with van der Waals surface area (Å²) in [5.74, 6) is 0.707. The monoisotopic (exact) mass is 341 g/mol. The topological polar surface area (TPSA) is 41.6 Å². The van der Waals surface area contributed by atoms with Crippen molar-refractivity contribution in [2.45, 2.75) is 44.4 Å². The SMILES string of the molecule is N#CCc1cn(-c2ccccc2)nc1-c1ccc(C2CCCCC2)cc1. The number of benzene rings is 2. The molecular weight excluding hydrogens is 318 g/mol. The molecule has 1 aromatic heterocycles. The van der Waals surface area contributed by atoms with Crippen LogP contribution in [-0.2, 0) is 6.42 Å². The lowest BCUT2D eigenvalue weighted by atomic mass is 9.84. The zero-order chi connectivity index (χ0) is 17.8. The number of hydrogen-bond acceptors (Lipinski definition) is 2. The van der Waals surface area contributed by atoms with Gasteiger partial charge in [-0.2, -0.15) is 10.4 Å². The van der Waals surface area contributed by atoms with Gasteiger partial charge >= 0.3 is 0 Å². The molecule has 0 saturated heterocycles. The molecule has 0 bridgehead atoms. The molecule has 3 nitrogen and oxygen atoms in total. The van der Waals surface area contributed by atoms with Crippen molar-refractivity contribution in [2.75, 3.05) is 0 Å². The van der Waals surface area contributed by atoms with Gasteiger partial charge < -0.3 is 0 Å². The van der Waals surface area contributed by atoms with Crippen LogP contribution in [0.25, 0.3) is 16.9 Å². The van der Waals surface area contributed by atoms with Crippen molar-refractivity contribution in [3.05, 3.63) is 71.9 Å². The highest BCUT2D eigenvalue weighted by Gasteiger charge is 2.17. The van der Waals surface area contributed by atoms with E-state index in [9.17, 15) is 5.26 Å². The predicted molar refractivity (Wildman–Crippen MR) is 104 cm³/mol. The first-order chi connectivity index (χ1) is 12.8. The van der Waals surface area contributed by atoms with E-state index in [4.69, 9.17) is 5.10 Å². The van der Waals surface area contributed by atoms with Gasteiger partial charge in [-0.25, -0.2) is 4.68 Å². The van der Waals surface area contributed by atoms with Crippen LogP contribution in [-0.4, -0.2) is 9.78 Å². The summed E-state index contributed by atoms with van der Waals surface area (Å²) in [5, 5.41) is 14.0. The summed E-state index contributed by atoms with van der Waals surface area (Å²) in [6, 6.07) is 21.2. The summed E-state index contributed by atoms with van der Waals surface area (Å²) in [5.41, 5.74) is 5.42. The Bertz CT molecular complexity index is 895. The fraction of sp³-hybridized carbons (Fsp3) is 0.304. The first-order valence-corrected chi connectivity index (χ1v) is 9.46. The maximum Gasteiger partial charge on any atom is 0.0970 e. The van der Waals surface area contributed by atoms with E-state index in [0.717, 1.165) is 22.5 Å². The fourth-order valence-corrected chi connectivity index (χ4v) is 3.93. The van der Waals surface area contributed by atoms with E-state index in [1.54, 1.807) is 0 Å². The van der Waals surface area contributed by atoms with E-state index in [-0.39, 0.29) is 0 Å². The zero-order valence-electron chi connectivity index (χ0n) is 14.9. The van der Waals surface area contributed by atoms with E-state index in [1.807, 2.05) is 41.2 Å². The third-order valence-electron chi connectivity index (χ3n) is 5.34. The Morgan fingerprint density at radius 2 is 1.69 bits per heavy atom. The average Bonchev–Trinajstić information content (AvgIpc) is 3.14. The number of aromatic nitrogens is 2. The smallest absolute Gasteiger partial charge is 0.0970 e. The van der Waals surface area contributed by atoms with Crippen LogP contribution in [0, 0.1) is 11.3 Å². The summed E-state index contributed by atoms with van der Waals surface area (Å²) in [7, 11) is 0. The molecule has 1 saturated carbocycles. The number of rotatable bonds is 4. The van der Waals surface area contributed by atoms with Crippen LogP contribution >= 0.6 is 0 Å². The van der Waals surface area contributed by atoms with Crippen LogP contribution in [0.1, 0.15) is 49.1 Å². The molecule has 0 unspecified atom stereocenters. The van der Waals surface area contributed by atoms with Crippen LogP contribution in [0.15, 0.2) is 60.8 Å². The van der Waals surface area contributed by atoms with Crippen LogP contribution in [0.3, 0.4) is 0 Å². The van der Waals surface area contributed by atoms with Crippen LogP contribution in [0.4, 0.5) is 0 Å². The van der Waals surface area contributed by atoms with Gasteiger partial charge in [0.1, 0.15) is 0 Å². The standard InChI is InChI=1S/C23H23N3/c24-16-15-21-17-26(22-9-5-2-6-10-22)25-23(21)20-13-11-19(12-14-20)18-7-3-1-4-8-18/h2,5-6,9-14,17-18H,1,3-4,7-8,15H2. The summed E-state index contributed by atoms with van der Waals surface area (Å²) in [6.45, 7) is 0. The molecule has 0 amide bonds. The third kappa shape index (κ3) is 3.41. The number of para-hydroxylation sites is 1. The molecule has 1 heterocycles. The Morgan fingerprint density at radius 1 is 0.962 bits per heavy atom. The first-order valence-electron chi connectivity index (χ1n) is 9.46. The molecule has 0 radical (unpaired) electrons. The van der Waals surface area contributed by atoms with Gasteiger partial charge in [0, 0.05) is 17.3 Å². The Labute approximate surface area is 154 Å². The van der Waals surface area contributed by atoms with Crippen molar-refractivity contribution in [1.82, 2.24) is 9.78 Å². The second-order valence-corrected chi connectivity index (χ2v) is 7.07. The molecule has 0 N–H and O–H groups in total. The normalized spacial score (nSPS) is 14.9. The van der Waals surface area contributed by atoms with Gasteiger partial charge in [0.2, 0.25) is 0 Å². The second kappa shape index (κ2) is 7.58. The van der Waals surface area contributed by atoms with Gasteiger partial charge in [0.25, 0.3) is 0 Å². The minimum atomic E-state index is 0.368. The highest BCUT2D eigenvalue weighted by Crippen LogP contribution is 2.34. The second-order valence-electron chi connectivity index (χ2n) is 7.07. The zero-order valence-corrected chi connectivity index (χ0v) is 14.9. The molecule has 1 aliphatic rings. The highest BCUT2D eigenvalue weighted by molar-refractivity contribution is 5.64. The highest BCUT2D eigenvalue weighted by atomic mass is 15.3. The molecule has 1 aliphatic carbocycles. The maximum absolute atomic E-state index is 9.20. The Balaban J connectivity index is 1.66. The van der Waals surface area contributed by atoms with Crippen LogP contribution < -0.4 is 0 Å². The minimum absolute atomic E-state index is 0.368. The molecule has 26 heavy (non-hydrogen) atoms. The molecule has 2 aromatic carbocycles. The average molecular weight is 341 g/mol. The number of hydrogen-bond donors (Lipinski definition) is 0. The van der Waals surface area contributed by atoms with Crippen molar-refractivity contribution in [1.29, 1.82) is 5.26 Å². The Kier molecular flexibility index (Phi) is 4.84. The Hall–Kier alpha value is -2.86. The molecule has 0 aliphatic heterocycles. The van der Waals surface area contributed by atoms with Gasteiger partial charge in [0.15, 0.2) is 0 Å². The van der Waals surface area contributed by atoms with Crippen molar-refractivity contribution in [3.8, 4) is 23.0 Å². The van der Waals surface area contributed by atoms with Crippen molar-refractivity contribution < 1.29 is 0 Å². The summed E-state index contributed by atoms with van der Waals surface area (Å²) < 4.78 is 1.87. The molecule has 130 valence electrons. The molecule has 4 rings (SSSR count). The van der Waals surface area contributed by atoms with Crippen molar-refractivity contribution >= 4 is 0 Å². The summed E-state index contributed by atoms with van der Waals surface area (Å²) >= 11 is 0. The number of nitriles is 1. The summed E-state index contributed by atoms with van der Waals surface area (Å²) in [6.07, 6.45) is 9.03. The largest absolute Gasteiger partial charge is 0.240 e. The Morgan fingerprint density at radius 3 is 2.38 bits per heavy atom. The van der Waals surface area contributed by atoms with E-state index >= 15 is 0 Å². The maximum atomic E-state index is 9.20. The van der Waals surface area contributed by atoms with E-state index in [2.05, 4.69) is 30.3 Å². The molecule has 0 spiro atoms. The van der Waals surface area contributed by atoms with E-state index < -0.39 is 0 Å². The van der Waals surface area contributed by atoms with Crippen LogP contribution in [0.2, 0.25) is 0 Å². The number of nitrogens with zero attached hydrogens (tertiary/aromatic N) is 3. The van der Waals surface area contributed by atoms with Gasteiger partial charge in [-0.3, -0.25) is 0 Å². The quantitative estimate of drug-likeness (QED) is 0.615. The van der Waals surface area contributed by atoms with Gasteiger partial charge in [-0.05, 0) is 36.5 Å². The predicted octanol–water partition coefficient (Wildman–Crippen LogP) is 5.65. The van der Waals surface area contributed by atoms with Gasteiger partial charge in [-0.1, -0.05) is 61.7 Å². The molecular formula is C23H23N3. The van der Waals surface area contributed by atoms with E-state index in [1.165, 1.54) is 37.7 Å². The lowest BCUT2D eigenvalue weighted by Gasteiger charge is -2.22. The van der Waals surface area contributed by atoms with Gasteiger partial charge in [-0.15, -0.1) is 0 Å². The van der Waals surface area contributed by atoms with Gasteiger partial charge in [0.05, 0.1) is 23.9 Å².